The van der Waals surface area contributed by atoms with Crippen molar-refractivity contribution in [3.63, 3.8) is 0 Å². The normalized spacial score (nSPS) is 9.38. The summed E-state index contributed by atoms with van der Waals surface area (Å²) in [6.45, 7) is 1.09. The first-order chi connectivity index (χ1) is 7.83. The Bertz CT molecular complexity index is 437. The maximum absolute atomic E-state index is 8.95. The quantitative estimate of drug-likeness (QED) is 0.769. The molecule has 0 bridgehead atoms. The van der Waals surface area contributed by atoms with E-state index in [2.05, 4.69) is 27.9 Å². The lowest BCUT2D eigenvalue weighted by Gasteiger charge is -1.93. The zero-order chi connectivity index (χ0) is 11.8. The molecule has 2 aromatic rings. The van der Waals surface area contributed by atoms with Crippen molar-refractivity contribution in [1.29, 1.82) is 0 Å². The Hall–Kier alpha value is -1.81. The summed E-state index contributed by atoms with van der Waals surface area (Å²) in [5.41, 5.74) is 8.01. The van der Waals surface area contributed by atoms with Gasteiger partial charge in [0.15, 0.2) is 0 Å². The fourth-order valence-electron chi connectivity index (χ4n) is 1.49. The molecule has 3 N–H and O–H groups in total. The second kappa shape index (κ2) is 6.63. The second-order valence-corrected chi connectivity index (χ2v) is 3.23. The van der Waals surface area contributed by atoms with Crippen molar-refractivity contribution < 1.29 is 9.53 Å². The summed E-state index contributed by atoms with van der Waals surface area (Å²) in [7, 11) is 1.31. The topological polar surface area (TPSA) is 68.1 Å². The molecule has 0 unspecified atom stereocenters. The summed E-state index contributed by atoms with van der Waals surface area (Å²) in [6, 6.07) is 8.29. The van der Waals surface area contributed by atoms with Crippen LogP contribution in [-0.4, -0.2) is 25.1 Å². The molecular formula is C12H16N2O2. The number of aromatic nitrogens is 1. The van der Waals surface area contributed by atoms with Gasteiger partial charge in [-0.15, -0.1) is 0 Å². The van der Waals surface area contributed by atoms with Gasteiger partial charge >= 0.3 is 0 Å². The summed E-state index contributed by atoms with van der Waals surface area (Å²) in [6.07, 6.45) is 2.99. The van der Waals surface area contributed by atoms with Gasteiger partial charge in [-0.05, 0) is 24.6 Å². The monoisotopic (exact) mass is 220 g/mol. The zero-order valence-corrected chi connectivity index (χ0v) is 9.27. The number of fused-ring (bicyclic) bond motifs is 1. The largest absolute Gasteiger partial charge is 0.471 e. The first kappa shape index (κ1) is 12.3. The SMILES string of the molecule is COC=O.NCCc1c[nH]c2ccccc12. The predicted molar refractivity (Wildman–Crippen MR) is 64.1 cm³/mol. The third kappa shape index (κ3) is 3.10. The van der Waals surface area contributed by atoms with Gasteiger partial charge in [0.1, 0.15) is 0 Å². The molecular weight excluding hydrogens is 204 g/mol. The average Bonchev–Trinajstić information content (AvgIpc) is 2.74. The van der Waals surface area contributed by atoms with Crippen LogP contribution in [-0.2, 0) is 16.0 Å². The highest BCUT2D eigenvalue weighted by atomic mass is 16.5. The van der Waals surface area contributed by atoms with Crippen molar-refractivity contribution in [3.05, 3.63) is 36.0 Å². The molecule has 0 aliphatic rings. The van der Waals surface area contributed by atoms with Crippen LogP contribution in [0, 0.1) is 0 Å². The number of carbonyl (C=O) groups excluding carboxylic acids is 1. The molecule has 0 spiro atoms. The summed E-state index contributed by atoms with van der Waals surface area (Å²) >= 11 is 0. The molecule has 2 rings (SSSR count). The van der Waals surface area contributed by atoms with E-state index in [1.165, 1.54) is 23.6 Å². The van der Waals surface area contributed by atoms with Crippen LogP contribution < -0.4 is 5.73 Å². The first-order valence-electron chi connectivity index (χ1n) is 5.05. The summed E-state index contributed by atoms with van der Waals surface area (Å²) < 4.78 is 3.86. The highest BCUT2D eigenvalue weighted by Gasteiger charge is 1.99. The summed E-state index contributed by atoms with van der Waals surface area (Å²) in [5.74, 6) is 0. The average molecular weight is 220 g/mol. The van der Waals surface area contributed by atoms with Gasteiger partial charge in [0.05, 0.1) is 7.11 Å². The number of ether oxygens (including phenoxy) is 1. The predicted octanol–water partition coefficient (Wildman–Crippen LogP) is 1.46. The van der Waals surface area contributed by atoms with E-state index in [-0.39, 0.29) is 0 Å². The lowest BCUT2D eigenvalue weighted by Crippen LogP contribution is -2.01. The minimum Gasteiger partial charge on any atom is -0.471 e. The van der Waals surface area contributed by atoms with E-state index in [1.54, 1.807) is 0 Å². The van der Waals surface area contributed by atoms with E-state index in [4.69, 9.17) is 10.5 Å². The Balaban J connectivity index is 0.000000280. The molecule has 4 heteroatoms. The minimum absolute atomic E-state index is 0.375. The number of nitrogens with two attached hydrogens (primary N) is 1. The van der Waals surface area contributed by atoms with E-state index in [1.807, 2.05) is 12.3 Å². The van der Waals surface area contributed by atoms with Crippen molar-refractivity contribution in [1.82, 2.24) is 4.98 Å². The Morgan fingerprint density at radius 1 is 1.44 bits per heavy atom. The molecule has 0 radical (unpaired) electrons. The summed E-state index contributed by atoms with van der Waals surface area (Å²) in [5, 5.41) is 1.29. The standard InChI is InChI=1S/C10H12N2.C2H4O2/c11-6-5-8-7-12-10-4-2-1-3-9(8)10;1-4-2-3/h1-4,7,12H,5-6,11H2;2H,1H3. The molecule has 0 atom stereocenters. The summed E-state index contributed by atoms with van der Waals surface area (Å²) in [4.78, 5) is 12.2. The molecule has 0 saturated heterocycles. The number of H-pyrrole nitrogens is 1. The first-order valence-corrected chi connectivity index (χ1v) is 5.05. The molecule has 0 saturated carbocycles. The van der Waals surface area contributed by atoms with Crippen LogP contribution in [0.2, 0.25) is 0 Å². The van der Waals surface area contributed by atoms with Gasteiger partial charge in [0.25, 0.3) is 6.47 Å². The Morgan fingerprint density at radius 2 is 2.12 bits per heavy atom. The van der Waals surface area contributed by atoms with Gasteiger partial charge in [-0.25, -0.2) is 0 Å². The van der Waals surface area contributed by atoms with Crippen LogP contribution >= 0.6 is 0 Å². The number of hydrogen-bond acceptors (Lipinski definition) is 3. The number of hydrogen-bond donors (Lipinski definition) is 2. The van der Waals surface area contributed by atoms with Crippen molar-refractivity contribution >= 4 is 17.4 Å². The van der Waals surface area contributed by atoms with Crippen LogP contribution in [0.1, 0.15) is 5.56 Å². The van der Waals surface area contributed by atoms with Gasteiger partial charge in [0.2, 0.25) is 0 Å². The fourth-order valence-corrected chi connectivity index (χ4v) is 1.49. The third-order valence-corrected chi connectivity index (χ3v) is 2.18. The number of aromatic amines is 1. The van der Waals surface area contributed by atoms with E-state index in [9.17, 15) is 0 Å². The highest BCUT2D eigenvalue weighted by molar-refractivity contribution is 5.82. The van der Waals surface area contributed by atoms with Crippen molar-refractivity contribution in [3.8, 4) is 0 Å². The van der Waals surface area contributed by atoms with Gasteiger partial charge < -0.3 is 15.5 Å². The van der Waals surface area contributed by atoms with Crippen molar-refractivity contribution in [2.75, 3.05) is 13.7 Å². The Labute approximate surface area is 94.4 Å². The van der Waals surface area contributed by atoms with Crippen LogP contribution in [0.4, 0.5) is 0 Å². The lowest BCUT2D eigenvalue weighted by atomic mass is 10.1. The zero-order valence-electron chi connectivity index (χ0n) is 9.27. The molecule has 16 heavy (non-hydrogen) atoms. The van der Waals surface area contributed by atoms with E-state index in [0.717, 1.165) is 6.42 Å². The number of methoxy groups -OCH3 is 1. The number of rotatable bonds is 3. The second-order valence-electron chi connectivity index (χ2n) is 3.23. The molecule has 4 nitrogen and oxygen atoms in total. The molecule has 0 amide bonds. The van der Waals surface area contributed by atoms with Gasteiger partial charge in [-0.2, -0.15) is 0 Å². The van der Waals surface area contributed by atoms with Crippen LogP contribution in [0.3, 0.4) is 0 Å². The van der Waals surface area contributed by atoms with Gasteiger partial charge in [0, 0.05) is 17.1 Å². The van der Waals surface area contributed by atoms with E-state index < -0.39 is 0 Å². The Kier molecular flexibility index (Phi) is 5.08. The van der Waals surface area contributed by atoms with Crippen LogP contribution in [0.5, 0.6) is 0 Å². The van der Waals surface area contributed by atoms with Crippen molar-refractivity contribution in [2.24, 2.45) is 5.73 Å². The lowest BCUT2D eigenvalue weighted by molar-refractivity contribution is -0.126. The van der Waals surface area contributed by atoms with Crippen molar-refractivity contribution in [2.45, 2.75) is 6.42 Å². The molecule has 1 heterocycles. The molecule has 0 fully saturated rings. The van der Waals surface area contributed by atoms with Crippen LogP contribution in [0.25, 0.3) is 10.9 Å². The molecule has 1 aromatic heterocycles. The minimum atomic E-state index is 0.375. The van der Waals surface area contributed by atoms with Gasteiger partial charge in [-0.3, -0.25) is 4.79 Å². The fraction of sp³-hybridized carbons (Fsp3) is 0.250. The maximum Gasteiger partial charge on any atom is 0.292 e. The Morgan fingerprint density at radius 3 is 2.75 bits per heavy atom. The van der Waals surface area contributed by atoms with Gasteiger partial charge in [-0.1, -0.05) is 18.2 Å². The number of benzene rings is 1. The molecule has 1 aromatic carbocycles. The highest BCUT2D eigenvalue weighted by Crippen LogP contribution is 2.17. The number of para-hydroxylation sites is 1. The third-order valence-electron chi connectivity index (χ3n) is 2.18. The molecule has 86 valence electrons. The smallest absolute Gasteiger partial charge is 0.292 e. The van der Waals surface area contributed by atoms with Crippen LogP contribution in [0.15, 0.2) is 30.5 Å². The van der Waals surface area contributed by atoms with E-state index in [0.29, 0.717) is 13.0 Å². The number of carbonyl (C=O) groups is 1. The molecule has 0 aliphatic heterocycles. The molecule has 0 aliphatic carbocycles. The number of nitrogens with one attached hydrogen (secondary N) is 1. The maximum atomic E-state index is 8.95. The van der Waals surface area contributed by atoms with E-state index >= 15 is 0 Å².